The summed E-state index contributed by atoms with van der Waals surface area (Å²) in [7, 11) is 0. The topological polar surface area (TPSA) is 0 Å². The third-order valence-electron chi connectivity index (χ3n) is 13.3. The summed E-state index contributed by atoms with van der Waals surface area (Å²) >= 11 is 0. The van der Waals surface area contributed by atoms with Crippen molar-refractivity contribution in [1.82, 2.24) is 0 Å². The van der Waals surface area contributed by atoms with E-state index >= 15 is 0 Å². The van der Waals surface area contributed by atoms with Gasteiger partial charge >= 0.3 is 0 Å². The zero-order valence-electron chi connectivity index (χ0n) is 35.5. The van der Waals surface area contributed by atoms with E-state index in [2.05, 4.69) is 243 Å². The molecule has 0 heterocycles. The van der Waals surface area contributed by atoms with E-state index in [1.54, 1.807) is 0 Å². The Kier molecular flexibility index (Phi) is 9.42. The van der Waals surface area contributed by atoms with Crippen molar-refractivity contribution in [2.45, 2.75) is 12.8 Å². The van der Waals surface area contributed by atoms with Crippen LogP contribution in [0, 0.1) is 0 Å². The summed E-state index contributed by atoms with van der Waals surface area (Å²) in [6, 6.07) is 83.1. The van der Waals surface area contributed by atoms with Crippen LogP contribution in [0.2, 0.25) is 0 Å². The molecule has 12 rings (SSSR count). The van der Waals surface area contributed by atoms with Gasteiger partial charge in [-0.3, -0.25) is 0 Å². The van der Waals surface area contributed by atoms with Gasteiger partial charge in [-0.25, -0.2) is 0 Å². The summed E-state index contributed by atoms with van der Waals surface area (Å²) < 4.78 is 0. The lowest BCUT2D eigenvalue weighted by molar-refractivity contribution is 1.04. The SMILES string of the molecule is C1=CC(c2ccc(-c3ccccc3-c3c4ccccc4c(-c4c5ccccc5c(-c5ccccc5-c5ccc(-c6ccccc6)cc5)c5ccccc45)c4ccccc34)cc2)=CCC1. The molecule has 0 fully saturated rings. The van der Waals surface area contributed by atoms with Gasteiger partial charge in [0.1, 0.15) is 0 Å². The zero-order chi connectivity index (χ0) is 42.4. The number of fused-ring (bicyclic) bond motifs is 4. The molecule has 0 unspecified atom stereocenters. The van der Waals surface area contributed by atoms with Crippen LogP contribution in [0.3, 0.4) is 0 Å². The van der Waals surface area contributed by atoms with Gasteiger partial charge in [-0.2, -0.15) is 0 Å². The van der Waals surface area contributed by atoms with Gasteiger partial charge in [0.25, 0.3) is 0 Å². The lowest BCUT2D eigenvalue weighted by atomic mass is 9.79. The highest BCUT2D eigenvalue weighted by molar-refractivity contribution is 6.30. The van der Waals surface area contributed by atoms with Gasteiger partial charge in [0, 0.05) is 0 Å². The fourth-order valence-electron chi connectivity index (χ4n) is 10.4. The van der Waals surface area contributed by atoms with E-state index in [1.807, 2.05) is 0 Å². The summed E-state index contributed by atoms with van der Waals surface area (Å²) in [5.41, 5.74) is 17.5. The molecule has 0 saturated heterocycles. The third-order valence-corrected chi connectivity index (χ3v) is 13.3. The van der Waals surface area contributed by atoms with E-state index < -0.39 is 0 Å². The fourth-order valence-corrected chi connectivity index (χ4v) is 10.4. The van der Waals surface area contributed by atoms with Gasteiger partial charge in [-0.05, 0) is 134 Å². The highest BCUT2D eigenvalue weighted by atomic mass is 14.3. The Balaban J connectivity index is 1.09. The summed E-state index contributed by atoms with van der Waals surface area (Å²) in [6.45, 7) is 0. The summed E-state index contributed by atoms with van der Waals surface area (Å²) in [6.07, 6.45) is 9.12. The normalized spacial score (nSPS) is 12.6. The van der Waals surface area contributed by atoms with Gasteiger partial charge < -0.3 is 0 Å². The zero-order valence-corrected chi connectivity index (χ0v) is 35.5. The predicted octanol–water partition coefficient (Wildman–Crippen LogP) is 18.0. The molecule has 64 heavy (non-hydrogen) atoms. The number of hydrogen-bond donors (Lipinski definition) is 0. The van der Waals surface area contributed by atoms with Crippen LogP contribution in [0.15, 0.2) is 243 Å². The minimum absolute atomic E-state index is 1.10. The lowest BCUT2D eigenvalue weighted by Crippen LogP contribution is -1.96. The van der Waals surface area contributed by atoms with E-state index in [1.165, 1.54) is 121 Å². The third kappa shape index (κ3) is 6.38. The molecule has 0 N–H and O–H groups in total. The van der Waals surface area contributed by atoms with Crippen molar-refractivity contribution in [1.29, 1.82) is 0 Å². The molecule has 300 valence electrons. The van der Waals surface area contributed by atoms with E-state index in [0.29, 0.717) is 0 Å². The Morgan fingerprint density at radius 2 is 0.531 bits per heavy atom. The minimum atomic E-state index is 1.10. The fraction of sp³-hybridized carbons (Fsp3) is 0.0312. The van der Waals surface area contributed by atoms with Crippen LogP contribution in [0.4, 0.5) is 0 Å². The first-order valence-electron chi connectivity index (χ1n) is 22.5. The maximum atomic E-state index is 2.35. The quantitative estimate of drug-likeness (QED) is 0.141. The van der Waals surface area contributed by atoms with Crippen LogP contribution in [0.5, 0.6) is 0 Å². The summed E-state index contributed by atoms with van der Waals surface area (Å²) in [5, 5.41) is 9.98. The number of allylic oxidation sites excluding steroid dienone is 4. The van der Waals surface area contributed by atoms with Crippen molar-refractivity contribution in [3.8, 4) is 66.8 Å². The van der Waals surface area contributed by atoms with Crippen molar-refractivity contribution in [2.75, 3.05) is 0 Å². The Bertz CT molecular complexity index is 3510. The second-order valence-corrected chi connectivity index (χ2v) is 16.9. The van der Waals surface area contributed by atoms with E-state index in [4.69, 9.17) is 0 Å². The van der Waals surface area contributed by atoms with Crippen LogP contribution in [0.25, 0.3) is 115 Å². The van der Waals surface area contributed by atoms with Crippen LogP contribution in [-0.4, -0.2) is 0 Å². The Morgan fingerprint density at radius 3 is 0.922 bits per heavy atom. The molecule has 0 saturated carbocycles. The lowest BCUT2D eigenvalue weighted by Gasteiger charge is -2.23. The molecule has 1 aliphatic carbocycles. The molecule has 0 bridgehead atoms. The second-order valence-electron chi connectivity index (χ2n) is 16.9. The van der Waals surface area contributed by atoms with Crippen molar-refractivity contribution < 1.29 is 0 Å². The molecule has 0 aromatic heterocycles. The first-order valence-corrected chi connectivity index (χ1v) is 22.5. The highest BCUT2D eigenvalue weighted by Crippen LogP contribution is 2.52. The number of benzene rings is 11. The molecule has 0 radical (unpaired) electrons. The maximum Gasteiger partial charge on any atom is -0.00139 e. The molecule has 0 nitrogen and oxygen atoms in total. The smallest absolute Gasteiger partial charge is 0.00139 e. The van der Waals surface area contributed by atoms with Crippen LogP contribution < -0.4 is 0 Å². The van der Waals surface area contributed by atoms with Gasteiger partial charge in [-0.15, -0.1) is 0 Å². The molecule has 0 aliphatic heterocycles. The number of rotatable bonds is 7. The van der Waals surface area contributed by atoms with Gasteiger partial charge in [0.05, 0.1) is 0 Å². The maximum absolute atomic E-state index is 2.35. The standard InChI is InChI=1S/C64H44/c1-3-19-43(20-4-1)45-35-39-47(40-36-45)49-23-7-9-25-51(49)61-53-27-11-15-31-57(53)63(58-32-16-12-28-54(58)61)64-59-33-17-13-29-55(59)62(56-30-14-18-34-60(56)64)52-26-10-8-24-50(52)48-41-37-46(38-42-48)44-21-5-2-6-22-44/h1,3-5,7-42H,2,6H2. The first kappa shape index (κ1) is 37.7. The predicted molar refractivity (Wildman–Crippen MR) is 275 cm³/mol. The van der Waals surface area contributed by atoms with Gasteiger partial charge in [0.15, 0.2) is 0 Å². The first-order chi connectivity index (χ1) is 31.8. The molecule has 1 aliphatic rings. The van der Waals surface area contributed by atoms with Crippen molar-refractivity contribution in [3.63, 3.8) is 0 Å². The number of hydrogen-bond acceptors (Lipinski definition) is 0. The molecule has 0 amide bonds. The molecular formula is C64H44. The van der Waals surface area contributed by atoms with E-state index in [0.717, 1.165) is 12.8 Å². The molecule has 0 spiro atoms. The van der Waals surface area contributed by atoms with Crippen molar-refractivity contribution in [3.05, 3.63) is 248 Å². The van der Waals surface area contributed by atoms with Crippen molar-refractivity contribution in [2.24, 2.45) is 0 Å². The molecule has 0 heteroatoms. The van der Waals surface area contributed by atoms with Crippen LogP contribution in [-0.2, 0) is 0 Å². The Morgan fingerprint density at radius 1 is 0.219 bits per heavy atom. The Hall–Kier alpha value is -8.06. The van der Waals surface area contributed by atoms with Crippen LogP contribution >= 0.6 is 0 Å². The highest BCUT2D eigenvalue weighted by Gasteiger charge is 2.24. The van der Waals surface area contributed by atoms with Gasteiger partial charge in [0.2, 0.25) is 0 Å². The minimum Gasteiger partial charge on any atom is -0.0836 e. The van der Waals surface area contributed by atoms with E-state index in [-0.39, 0.29) is 0 Å². The average Bonchev–Trinajstić information content (AvgIpc) is 3.38. The largest absolute Gasteiger partial charge is 0.0836 e. The molecule has 11 aromatic carbocycles. The summed E-state index contributed by atoms with van der Waals surface area (Å²) in [5.74, 6) is 0. The van der Waals surface area contributed by atoms with Crippen molar-refractivity contribution >= 4 is 48.7 Å². The molecule has 11 aromatic rings. The van der Waals surface area contributed by atoms with Gasteiger partial charge in [-0.1, -0.05) is 243 Å². The molecular weight excluding hydrogens is 769 g/mol. The monoisotopic (exact) mass is 812 g/mol. The molecule has 0 atom stereocenters. The second kappa shape index (κ2) is 16.0. The Labute approximate surface area is 374 Å². The summed E-state index contributed by atoms with van der Waals surface area (Å²) in [4.78, 5) is 0. The van der Waals surface area contributed by atoms with E-state index in [9.17, 15) is 0 Å². The average molecular weight is 813 g/mol. The van der Waals surface area contributed by atoms with Crippen LogP contribution in [0.1, 0.15) is 18.4 Å².